The molecule has 0 amide bonds. The number of nitrogens with one attached hydrogen (secondary N) is 1. The summed E-state index contributed by atoms with van der Waals surface area (Å²) in [6.45, 7) is 6.01. The molecule has 1 aromatic heterocycles. The fraction of sp³-hybridized carbons (Fsp3) is 0.643. The van der Waals surface area contributed by atoms with Gasteiger partial charge in [0.1, 0.15) is 0 Å². The van der Waals surface area contributed by atoms with Gasteiger partial charge in [-0.25, -0.2) is 9.37 Å². The lowest BCUT2D eigenvalue weighted by atomic mass is 10.2. The fourth-order valence-corrected chi connectivity index (χ4v) is 1.82. The quantitative estimate of drug-likeness (QED) is 0.734. The number of halogens is 1. The lowest BCUT2D eigenvalue weighted by Gasteiger charge is -2.26. The molecule has 4 nitrogen and oxygen atoms in total. The zero-order chi connectivity index (χ0) is 14.3. The van der Waals surface area contributed by atoms with E-state index in [1.54, 1.807) is 19.4 Å². The molecule has 0 fully saturated rings. The van der Waals surface area contributed by atoms with Crippen LogP contribution in [0.3, 0.4) is 0 Å². The van der Waals surface area contributed by atoms with E-state index in [2.05, 4.69) is 17.2 Å². The van der Waals surface area contributed by atoms with Crippen LogP contribution in [0.2, 0.25) is 0 Å². The van der Waals surface area contributed by atoms with E-state index < -0.39 is 0 Å². The summed E-state index contributed by atoms with van der Waals surface area (Å²) in [4.78, 5) is 5.95. The molecule has 0 saturated heterocycles. The summed E-state index contributed by atoms with van der Waals surface area (Å²) >= 11 is 0. The van der Waals surface area contributed by atoms with Crippen LogP contribution in [-0.2, 0) is 11.3 Å². The summed E-state index contributed by atoms with van der Waals surface area (Å²) in [5.74, 6) is 0.122. The van der Waals surface area contributed by atoms with Crippen LogP contribution >= 0.6 is 0 Å². The zero-order valence-corrected chi connectivity index (χ0v) is 12.2. The van der Waals surface area contributed by atoms with Crippen molar-refractivity contribution >= 4 is 5.82 Å². The highest BCUT2D eigenvalue weighted by atomic mass is 19.1. The SMILES string of the molecule is CCCNCc1ccnc(N(C)C(C)COC)c1F. The summed E-state index contributed by atoms with van der Waals surface area (Å²) < 4.78 is 19.5. The first-order valence-electron chi connectivity index (χ1n) is 6.67. The summed E-state index contributed by atoms with van der Waals surface area (Å²) in [6, 6.07) is 1.79. The normalized spacial score (nSPS) is 12.5. The lowest BCUT2D eigenvalue weighted by Crippen LogP contribution is -2.34. The van der Waals surface area contributed by atoms with E-state index >= 15 is 0 Å². The number of rotatable bonds is 8. The highest BCUT2D eigenvalue weighted by Gasteiger charge is 2.17. The van der Waals surface area contributed by atoms with Crippen LogP contribution < -0.4 is 10.2 Å². The van der Waals surface area contributed by atoms with Crippen LogP contribution in [0.5, 0.6) is 0 Å². The highest BCUT2D eigenvalue weighted by Crippen LogP contribution is 2.20. The average Bonchev–Trinajstić information content (AvgIpc) is 2.40. The van der Waals surface area contributed by atoms with Gasteiger partial charge in [0.25, 0.3) is 0 Å². The van der Waals surface area contributed by atoms with Crippen LogP contribution in [-0.4, -0.2) is 38.3 Å². The first kappa shape index (κ1) is 15.9. The summed E-state index contributed by atoms with van der Waals surface area (Å²) in [5, 5.41) is 3.20. The second kappa shape index (κ2) is 8.07. The van der Waals surface area contributed by atoms with Crippen molar-refractivity contribution in [1.82, 2.24) is 10.3 Å². The standard InChI is InChI=1S/C14H24FN3O/c1-5-7-16-9-12-6-8-17-14(13(12)15)18(3)11(2)10-19-4/h6,8,11,16H,5,7,9-10H2,1-4H3. The minimum Gasteiger partial charge on any atom is -0.383 e. The second-order valence-corrected chi connectivity index (χ2v) is 4.70. The van der Waals surface area contributed by atoms with Gasteiger partial charge in [-0.1, -0.05) is 6.92 Å². The van der Waals surface area contributed by atoms with Gasteiger partial charge in [-0.2, -0.15) is 0 Å². The average molecular weight is 269 g/mol. The van der Waals surface area contributed by atoms with Crippen LogP contribution in [0.4, 0.5) is 10.2 Å². The molecule has 0 aliphatic carbocycles. The number of likely N-dealkylation sites (N-methyl/N-ethyl adjacent to an activating group) is 1. The van der Waals surface area contributed by atoms with Gasteiger partial charge in [-0.05, 0) is 26.0 Å². The molecule has 108 valence electrons. The van der Waals surface area contributed by atoms with E-state index in [-0.39, 0.29) is 11.9 Å². The molecular weight excluding hydrogens is 245 g/mol. The number of aromatic nitrogens is 1. The highest BCUT2D eigenvalue weighted by molar-refractivity contribution is 5.43. The minimum atomic E-state index is -0.253. The lowest BCUT2D eigenvalue weighted by molar-refractivity contribution is 0.183. The number of hydrogen-bond donors (Lipinski definition) is 1. The molecule has 0 aliphatic rings. The third-order valence-electron chi connectivity index (χ3n) is 3.10. The third kappa shape index (κ3) is 4.44. The molecule has 0 bridgehead atoms. The fourth-order valence-electron chi connectivity index (χ4n) is 1.82. The molecule has 0 aliphatic heterocycles. The first-order valence-corrected chi connectivity index (χ1v) is 6.67. The predicted molar refractivity (Wildman–Crippen MR) is 75.9 cm³/mol. The van der Waals surface area contributed by atoms with Crippen LogP contribution in [0, 0.1) is 5.82 Å². The first-order chi connectivity index (χ1) is 9.11. The van der Waals surface area contributed by atoms with Gasteiger partial charge in [0, 0.05) is 32.5 Å². The van der Waals surface area contributed by atoms with E-state index in [4.69, 9.17) is 4.74 Å². The van der Waals surface area contributed by atoms with E-state index in [1.807, 2.05) is 18.9 Å². The maximum atomic E-state index is 14.4. The molecule has 0 spiro atoms. The van der Waals surface area contributed by atoms with E-state index in [1.165, 1.54) is 0 Å². The molecule has 0 aromatic carbocycles. The smallest absolute Gasteiger partial charge is 0.170 e. The summed E-state index contributed by atoms with van der Waals surface area (Å²) in [5.41, 5.74) is 0.648. The van der Waals surface area contributed by atoms with Gasteiger partial charge < -0.3 is 15.0 Å². The number of anilines is 1. The molecule has 0 saturated carbocycles. The van der Waals surface area contributed by atoms with Crippen LogP contribution in [0.15, 0.2) is 12.3 Å². The Morgan fingerprint density at radius 2 is 2.26 bits per heavy atom. The maximum absolute atomic E-state index is 14.4. The summed E-state index contributed by atoms with van der Waals surface area (Å²) in [6.07, 6.45) is 2.68. The van der Waals surface area contributed by atoms with Gasteiger partial charge in [0.2, 0.25) is 0 Å². The Bertz CT molecular complexity index is 387. The number of methoxy groups -OCH3 is 1. The van der Waals surface area contributed by atoms with Crippen molar-refractivity contribution in [3.8, 4) is 0 Å². The monoisotopic (exact) mass is 269 g/mol. The van der Waals surface area contributed by atoms with Gasteiger partial charge in [-0.3, -0.25) is 0 Å². The number of pyridine rings is 1. The Balaban J connectivity index is 2.81. The van der Waals surface area contributed by atoms with Crippen molar-refractivity contribution in [2.24, 2.45) is 0 Å². The number of ether oxygens (including phenoxy) is 1. The molecular formula is C14H24FN3O. The van der Waals surface area contributed by atoms with Crippen LogP contribution in [0.1, 0.15) is 25.8 Å². The van der Waals surface area contributed by atoms with E-state index in [0.29, 0.717) is 24.5 Å². The van der Waals surface area contributed by atoms with Crippen molar-refractivity contribution in [3.05, 3.63) is 23.6 Å². The third-order valence-corrected chi connectivity index (χ3v) is 3.10. The van der Waals surface area contributed by atoms with Crippen molar-refractivity contribution in [3.63, 3.8) is 0 Å². The molecule has 1 N–H and O–H groups in total. The van der Waals surface area contributed by atoms with E-state index in [0.717, 1.165) is 13.0 Å². The predicted octanol–water partition coefficient (Wildman–Crippen LogP) is 2.19. The van der Waals surface area contributed by atoms with Crippen molar-refractivity contribution in [2.75, 3.05) is 32.2 Å². The Hall–Kier alpha value is -1.20. The van der Waals surface area contributed by atoms with Gasteiger partial charge in [-0.15, -0.1) is 0 Å². The molecule has 5 heteroatoms. The Morgan fingerprint density at radius 3 is 2.89 bits per heavy atom. The summed E-state index contributed by atoms with van der Waals surface area (Å²) in [7, 11) is 3.47. The van der Waals surface area contributed by atoms with Crippen LogP contribution in [0.25, 0.3) is 0 Å². The molecule has 19 heavy (non-hydrogen) atoms. The van der Waals surface area contributed by atoms with Gasteiger partial charge in [0.15, 0.2) is 11.6 Å². The molecule has 0 radical (unpaired) electrons. The zero-order valence-electron chi connectivity index (χ0n) is 12.2. The van der Waals surface area contributed by atoms with Gasteiger partial charge >= 0.3 is 0 Å². The van der Waals surface area contributed by atoms with Gasteiger partial charge in [0.05, 0.1) is 12.6 Å². The molecule has 1 atom stereocenters. The maximum Gasteiger partial charge on any atom is 0.170 e. The topological polar surface area (TPSA) is 37.4 Å². The molecule has 1 rings (SSSR count). The van der Waals surface area contributed by atoms with Crippen molar-refractivity contribution < 1.29 is 9.13 Å². The van der Waals surface area contributed by atoms with E-state index in [9.17, 15) is 4.39 Å². The molecule has 1 unspecified atom stereocenters. The van der Waals surface area contributed by atoms with Crippen molar-refractivity contribution in [1.29, 1.82) is 0 Å². The number of hydrogen-bond acceptors (Lipinski definition) is 4. The van der Waals surface area contributed by atoms with Crippen molar-refractivity contribution in [2.45, 2.75) is 32.9 Å². The Morgan fingerprint density at radius 1 is 1.53 bits per heavy atom. The molecule has 1 aromatic rings. The largest absolute Gasteiger partial charge is 0.383 e. The Labute approximate surface area is 115 Å². The second-order valence-electron chi connectivity index (χ2n) is 4.70. The Kier molecular flexibility index (Phi) is 6.73. The number of nitrogens with zero attached hydrogens (tertiary/aromatic N) is 2. The minimum absolute atomic E-state index is 0.0749. The molecule has 1 heterocycles.